The summed E-state index contributed by atoms with van der Waals surface area (Å²) >= 11 is 0. The standard InChI is InChI=1S/C27H32B12O/c1-2-3-4-5-6-7-8-9-12(17(30)21(34)20(33)15(9)28)11(13-10(8)16(29)24(37)26(39)27(13)40)14-18(31)22(35)25(38)23(36)19(14)32/h1,3-6,40H,7,28-39H2/b4-3-,6-5-. The van der Waals surface area contributed by atoms with Crippen LogP contribution in [-0.2, 0) is 6.42 Å². The lowest BCUT2D eigenvalue weighted by Gasteiger charge is -2.29. The van der Waals surface area contributed by atoms with Crippen molar-refractivity contribution in [1.29, 1.82) is 0 Å². The summed E-state index contributed by atoms with van der Waals surface area (Å²) in [5, 5.41) is 16.8. The summed E-state index contributed by atoms with van der Waals surface area (Å²) in [6, 6.07) is 0. The molecule has 1 nitrogen and oxygen atoms in total. The van der Waals surface area contributed by atoms with Gasteiger partial charge in [0.1, 0.15) is 99.9 Å². The van der Waals surface area contributed by atoms with Crippen LogP contribution >= 0.6 is 0 Å². The van der Waals surface area contributed by atoms with Crippen LogP contribution in [0.4, 0.5) is 0 Å². The van der Waals surface area contributed by atoms with Crippen molar-refractivity contribution in [3.8, 4) is 29.2 Å². The number of fused-ring (bicyclic) bond motifs is 2. The number of rotatable bonds is 4. The maximum Gasteiger partial charge on any atom is 0.143 e. The van der Waals surface area contributed by atoms with Crippen LogP contribution in [0.2, 0.25) is 0 Å². The third-order valence-electron chi connectivity index (χ3n) is 10.1. The van der Waals surface area contributed by atoms with Crippen molar-refractivity contribution >= 4 is 181 Å². The summed E-state index contributed by atoms with van der Waals surface area (Å²) in [7, 11) is 26.7. The molecule has 0 bridgehead atoms. The van der Waals surface area contributed by atoms with E-state index in [1.807, 2.05) is 12.2 Å². The molecule has 0 aliphatic carbocycles. The molecular formula is C27H32B12O. The molecule has 0 heterocycles. The Bertz CT molecular complexity index is 1760. The summed E-state index contributed by atoms with van der Waals surface area (Å²) in [4.78, 5) is 0. The second kappa shape index (κ2) is 11.1. The van der Waals surface area contributed by atoms with Crippen LogP contribution in [0.25, 0.3) is 32.7 Å². The highest BCUT2D eigenvalue weighted by Gasteiger charge is 2.26. The zero-order chi connectivity index (χ0) is 29.8. The van der Waals surface area contributed by atoms with Gasteiger partial charge in [0.05, 0.1) is 0 Å². The number of allylic oxidation sites excluding steroid dienone is 4. The van der Waals surface area contributed by atoms with Gasteiger partial charge in [-0.1, -0.05) is 62.4 Å². The van der Waals surface area contributed by atoms with Crippen LogP contribution in [0, 0.1) is 12.3 Å². The Morgan fingerprint density at radius 2 is 0.925 bits per heavy atom. The Kier molecular flexibility index (Phi) is 8.34. The minimum atomic E-state index is 0.400. The van der Waals surface area contributed by atoms with Crippen molar-refractivity contribution in [2.45, 2.75) is 6.42 Å². The molecule has 4 aromatic carbocycles. The second-order valence-corrected chi connectivity index (χ2v) is 11.7. The van der Waals surface area contributed by atoms with E-state index in [1.54, 1.807) is 6.08 Å². The molecule has 0 aromatic heterocycles. The third-order valence-corrected chi connectivity index (χ3v) is 10.1. The average molecular weight is 502 g/mol. The summed E-state index contributed by atoms with van der Waals surface area (Å²) in [6.45, 7) is 0. The Hall–Kier alpha value is -2.98. The molecule has 13 heteroatoms. The largest absolute Gasteiger partial charge is 0.508 e. The molecule has 4 rings (SSSR count). The fraction of sp³-hybridized carbons (Fsp3) is 0.0370. The van der Waals surface area contributed by atoms with E-state index in [4.69, 9.17) is 6.42 Å². The molecule has 0 radical (unpaired) electrons. The summed E-state index contributed by atoms with van der Waals surface area (Å²) in [6.07, 6.45) is 14.0. The average Bonchev–Trinajstić information content (AvgIpc) is 2.94. The van der Waals surface area contributed by atoms with Crippen LogP contribution in [0.15, 0.2) is 24.3 Å². The van der Waals surface area contributed by atoms with E-state index < -0.39 is 0 Å². The summed E-state index contributed by atoms with van der Waals surface area (Å²) in [5.41, 5.74) is 18.9. The Balaban J connectivity index is 2.46. The van der Waals surface area contributed by atoms with Gasteiger partial charge in [-0.3, -0.25) is 0 Å². The minimum Gasteiger partial charge on any atom is -0.508 e. The number of phenolic OH excluding ortho intramolecular Hbond substituents is 1. The zero-order valence-corrected chi connectivity index (χ0v) is 26.5. The molecule has 0 unspecified atom stereocenters. The van der Waals surface area contributed by atoms with Gasteiger partial charge in [0.15, 0.2) is 0 Å². The normalized spacial score (nSPS) is 11.7. The van der Waals surface area contributed by atoms with Gasteiger partial charge in [-0.15, -0.1) is 33.7 Å². The van der Waals surface area contributed by atoms with Gasteiger partial charge in [-0.25, -0.2) is 0 Å². The summed E-state index contributed by atoms with van der Waals surface area (Å²) in [5.74, 6) is 2.97. The molecule has 0 spiro atoms. The molecule has 40 heavy (non-hydrogen) atoms. The van der Waals surface area contributed by atoms with Gasteiger partial charge in [0, 0.05) is 5.39 Å². The van der Waals surface area contributed by atoms with E-state index in [0.29, 0.717) is 5.75 Å². The topological polar surface area (TPSA) is 20.2 Å². The van der Waals surface area contributed by atoms with Gasteiger partial charge < -0.3 is 5.11 Å². The van der Waals surface area contributed by atoms with Crippen molar-refractivity contribution < 1.29 is 5.11 Å². The Morgan fingerprint density at radius 3 is 1.45 bits per heavy atom. The van der Waals surface area contributed by atoms with Crippen molar-refractivity contribution in [1.82, 2.24) is 0 Å². The maximum absolute atomic E-state index is 12.0. The molecule has 0 atom stereocenters. The maximum atomic E-state index is 12.0. The van der Waals surface area contributed by atoms with E-state index in [0.717, 1.165) is 22.7 Å². The van der Waals surface area contributed by atoms with Crippen molar-refractivity contribution in [2.75, 3.05) is 0 Å². The number of terminal acetylenes is 1. The van der Waals surface area contributed by atoms with Gasteiger partial charge in [-0.05, 0) is 45.3 Å². The molecule has 0 aliphatic heterocycles. The van der Waals surface area contributed by atoms with Crippen LogP contribution in [0.1, 0.15) is 5.56 Å². The molecule has 4 aromatic rings. The fourth-order valence-electron chi connectivity index (χ4n) is 6.72. The van der Waals surface area contributed by atoms with Gasteiger partial charge >= 0.3 is 0 Å². The molecule has 182 valence electrons. The van der Waals surface area contributed by atoms with Crippen LogP contribution in [0.3, 0.4) is 0 Å². The number of benzene rings is 4. The number of aromatic hydroxyl groups is 1. The highest BCUT2D eigenvalue weighted by atomic mass is 16.3. The van der Waals surface area contributed by atoms with Crippen molar-refractivity contribution in [2.24, 2.45) is 0 Å². The van der Waals surface area contributed by atoms with Crippen molar-refractivity contribution in [3.63, 3.8) is 0 Å². The predicted octanol–water partition coefficient (Wildman–Crippen LogP) is -14.2. The highest BCUT2D eigenvalue weighted by molar-refractivity contribution is 6.71. The molecule has 0 fully saturated rings. The van der Waals surface area contributed by atoms with E-state index in [-0.39, 0.29) is 0 Å². The molecule has 0 aliphatic rings. The second-order valence-electron chi connectivity index (χ2n) is 11.7. The first kappa shape index (κ1) is 30.0. The summed E-state index contributed by atoms with van der Waals surface area (Å²) < 4.78 is 0. The lowest BCUT2D eigenvalue weighted by Crippen LogP contribution is -2.55. The number of hydrogen-bond donors (Lipinski definition) is 1. The third kappa shape index (κ3) is 4.40. The molecule has 0 saturated carbocycles. The lowest BCUT2D eigenvalue weighted by atomic mass is 9.57. The number of phenols is 1. The van der Waals surface area contributed by atoms with Crippen molar-refractivity contribution in [3.05, 3.63) is 29.9 Å². The van der Waals surface area contributed by atoms with Gasteiger partial charge in [0.25, 0.3) is 0 Å². The Labute approximate surface area is 251 Å². The quantitative estimate of drug-likeness (QED) is 0.127. The molecule has 1 N–H and O–H groups in total. The van der Waals surface area contributed by atoms with E-state index >= 15 is 0 Å². The van der Waals surface area contributed by atoms with Crippen LogP contribution in [0.5, 0.6) is 5.75 Å². The predicted molar refractivity (Wildman–Crippen MR) is 218 cm³/mol. The number of hydrogen-bond acceptors (Lipinski definition) is 1. The van der Waals surface area contributed by atoms with E-state index in [2.05, 4.69) is 106 Å². The van der Waals surface area contributed by atoms with Gasteiger partial charge in [-0.2, -0.15) is 0 Å². The van der Waals surface area contributed by atoms with Crippen LogP contribution < -0.4 is 65.6 Å². The molecule has 0 amide bonds. The first-order valence-corrected chi connectivity index (χ1v) is 14.3. The van der Waals surface area contributed by atoms with Crippen LogP contribution in [-0.4, -0.2) is 99.3 Å². The first-order chi connectivity index (χ1) is 18.8. The SMILES string of the molecule is Bc1c(B)c(B)c(-c2c3c(B)c(B)c(B)c(B)c3c(C/C=C\C=C/C#C)c3c(B)c(B)c(B)c(O)c23)c(B)c1B. The highest BCUT2D eigenvalue weighted by Crippen LogP contribution is 2.39. The van der Waals surface area contributed by atoms with E-state index in [9.17, 15) is 5.11 Å². The fourth-order valence-corrected chi connectivity index (χ4v) is 6.72. The molecular weight excluding hydrogens is 470 g/mol. The first-order valence-electron chi connectivity index (χ1n) is 14.3. The smallest absolute Gasteiger partial charge is 0.143 e. The molecule has 0 saturated heterocycles. The lowest BCUT2D eigenvalue weighted by molar-refractivity contribution is 0.486. The monoisotopic (exact) mass is 504 g/mol. The van der Waals surface area contributed by atoms with Gasteiger partial charge in [0.2, 0.25) is 0 Å². The minimum absolute atomic E-state index is 0.400. The zero-order valence-electron chi connectivity index (χ0n) is 26.5. The van der Waals surface area contributed by atoms with E-state index in [1.165, 1.54) is 87.5 Å². The Morgan fingerprint density at radius 1 is 0.500 bits per heavy atom.